The lowest BCUT2D eigenvalue weighted by Crippen LogP contribution is -2.28. The molecule has 11 heteroatoms. The zero-order chi connectivity index (χ0) is 40.8. The van der Waals surface area contributed by atoms with E-state index in [1.165, 1.54) is 51.7 Å². The molecule has 1 N–H and O–H groups in total. The minimum atomic E-state index is -0.366. The SMILES string of the molecule is COc1cc2c(c(OC)c1OC)-c1ccc(OC)c(=O)cc1[C@@H](NC(=O)CCCCCCCCCCCCCCC(=O)OCCCCC[C@H]1CC=CC(=O)O1)CC2. The number of carbonyl (C=O) groups is 3. The molecule has 0 spiro atoms. The van der Waals surface area contributed by atoms with Crippen molar-refractivity contribution in [1.29, 1.82) is 0 Å². The van der Waals surface area contributed by atoms with Crippen LogP contribution in [0, 0.1) is 0 Å². The van der Waals surface area contributed by atoms with Gasteiger partial charge in [-0.3, -0.25) is 14.4 Å². The second-order valence-electron chi connectivity index (χ2n) is 15.1. The number of hydrogen-bond acceptors (Lipinski definition) is 10. The highest BCUT2D eigenvalue weighted by Gasteiger charge is 2.30. The molecule has 11 nitrogen and oxygen atoms in total. The number of rotatable bonds is 26. The molecule has 1 heterocycles. The van der Waals surface area contributed by atoms with Crippen LogP contribution in [-0.2, 0) is 30.3 Å². The monoisotopic (exact) mass is 791 g/mol. The van der Waals surface area contributed by atoms with Crippen LogP contribution in [0.1, 0.15) is 146 Å². The van der Waals surface area contributed by atoms with Crippen molar-refractivity contribution in [2.45, 2.75) is 147 Å². The van der Waals surface area contributed by atoms with Gasteiger partial charge in [0.05, 0.1) is 41.1 Å². The molecule has 0 radical (unpaired) electrons. The van der Waals surface area contributed by atoms with Crippen molar-refractivity contribution in [1.82, 2.24) is 5.32 Å². The van der Waals surface area contributed by atoms with E-state index in [1.54, 1.807) is 33.5 Å². The molecule has 0 saturated heterocycles. The summed E-state index contributed by atoms with van der Waals surface area (Å²) in [6.07, 6.45) is 23.2. The van der Waals surface area contributed by atoms with E-state index in [-0.39, 0.29) is 41.2 Å². The second-order valence-corrected chi connectivity index (χ2v) is 15.1. The summed E-state index contributed by atoms with van der Waals surface area (Å²) in [6, 6.07) is 6.69. The van der Waals surface area contributed by atoms with Gasteiger partial charge in [0.15, 0.2) is 17.2 Å². The first-order chi connectivity index (χ1) is 27.8. The Balaban J connectivity index is 1.06. The van der Waals surface area contributed by atoms with Crippen molar-refractivity contribution < 1.29 is 42.8 Å². The number of methoxy groups -OCH3 is 4. The van der Waals surface area contributed by atoms with Crippen LogP contribution in [0.3, 0.4) is 0 Å². The average molecular weight is 792 g/mol. The van der Waals surface area contributed by atoms with Gasteiger partial charge in [-0.2, -0.15) is 0 Å². The molecule has 1 aliphatic heterocycles. The smallest absolute Gasteiger partial charge is 0.330 e. The largest absolute Gasteiger partial charge is 0.493 e. The molecule has 4 rings (SSSR count). The summed E-state index contributed by atoms with van der Waals surface area (Å²) in [5.74, 6) is 1.40. The van der Waals surface area contributed by atoms with Gasteiger partial charge in [-0.15, -0.1) is 0 Å². The van der Waals surface area contributed by atoms with Crippen LogP contribution < -0.4 is 29.7 Å². The third kappa shape index (κ3) is 14.4. The van der Waals surface area contributed by atoms with Crippen LogP contribution in [0.5, 0.6) is 23.0 Å². The Morgan fingerprint density at radius 1 is 0.719 bits per heavy atom. The maximum Gasteiger partial charge on any atom is 0.330 e. The molecule has 0 saturated carbocycles. The van der Waals surface area contributed by atoms with E-state index in [9.17, 15) is 19.2 Å². The maximum atomic E-state index is 13.3. The Morgan fingerprint density at radius 3 is 1.98 bits per heavy atom. The molecule has 314 valence electrons. The first-order valence-electron chi connectivity index (χ1n) is 21.2. The van der Waals surface area contributed by atoms with E-state index in [0.717, 1.165) is 92.9 Å². The van der Waals surface area contributed by atoms with Gasteiger partial charge >= 0.3 is 11.9 Å². The van der Waals surface area contributed by atoms with Crippen molar-refractivity contribution in [3.05, 3.63) is 57.8 Å². The number of aryl methyl sites for hydroxylation is 1. The number of esters is 2. The van der Waals surface area contributed by atoms with Crippen molar-refractivity contribution in [3.63, 3.8) is 0 Å². The zero-order valence-corrected chi connectivity index (χ0v) is 34.8. The lowest BCUT2D eigenvalue weighted by molar-refractivity contribution is -0.145. The molecule has 2 aromatic rings. The van der Waals surface area contributed by atoms with Crippen LogP contribution in [0.15, 0.2) is 41.2 Å². The van der Waals surface area contributed by atoms with Crippen LogP contribution in [0.4, 0.5) is 0 Å². The summed E-state index contributed by atoms with van der Waals surface area (Å²) in [5.41, 5.74) is 3.04. The molecule has 1 aliphatic carbocycles. The van der Waals surface area contributed by atoms with Gasteiger partial charge in [-0.1, -0.05) is 76.4 Å². The number of hydrogen-bond donors (Lipinski definition) is 1. The third-order valence-corrected chi connectivity index (χ3v) is 11.0. The van der Waals surface area contributed by atoms with Crippen molar-refractivity contribution in [2.24, 2.45) is 0 Å². The van der Waals surface area contributed by atoms with E-state index >= 15 is 0 Å². The predicted molar refractivity (Wildman–Crippen MR) is 221 cm³/mol. The molecule has 2 aromatic carbocycles. The van der Waals surface area contributed by atoms with Crippen molar-refractivity contribution in [3.8, 4) is 34.1 Å². The number of ether oxygens (including phenoxy) is 6. The van der Waals surface area contributed by atoms with Gasteiger partial charge in [0.25, 0.3) is 0 Å². The number of nitrogens with one attached hydrogen (secondary N) is 1. The van der Waals surface area contributed by atoms with Crippen molar-refractivity contribution >= 4 is 17.8 Å². The van der Waals surface area contributed by atoms with E-state index in [2.05, 4.69) is 5.32 Å². The van der Waals surface area contributed by atoms with Crippen molar-refractivity contribution in [2.75, 3.05) is 35.0 Å². The topological polar surface area (TPSA) is 136 Å². The summed E-state index contributed by atoms with van der Waals surface area (Å²) in [6.45, 7) is 0.468. The quantitative estimate of drug-likeness (QED) is 0.0726. The van der Waals surface area contributed by atoms with Gasteiger partial charge in [0, 0.05) is 30.9 Å². The maximum absolute atomic E-state index is 13.3. The predicted octanol–water partition coefficient (Wildman–Crippen LogP) is 9.29. The molecule has 2 aliphatic rings. The van der Waals surface area contributed by atoms with Crippen LogP contribution in [0.2, 0.25) is 0 Å². The van der Waals surface area contributed by atoms with Gasteiger partial charge < -0.3 is 33.7 Å². The molecule has 0 unspecified atom stereocenters. The normalized spacial score (nSPS) is 15.8. The van der Waals surface area contributed by atoms with Crippen LogP contribution in [-0.4, -0.2) is 59.0 Å². The fourth-order valence-electron chi connectivity index (χ4n) is 7.86. The average Bonchev–Trinajstić information content (AvgIpc) is 3.46. The number of unbranched alkanes of at least 4 members (excludes halogenated alkanes) is 13. The standard InChI is InChI=1S/C46H65NO10/c1-52-39-29-27-35-36(32-38(39)48)37(28-26-33-31-40(53-2)45(54-3)46(55-4)44(33)35)47-41(49)23-17-13-11-9-7-5-6-8-10-12-14-18-24-42(50)56-30-19-15-16-21-34-22-20-25-43(51)57-34/h20,25,27,29,31-32,34,37H,5-19,21-24,26,28,30H2,1-4H3,(H,47,49)/t34-,37-/m0/s1. The minimum Gasteiger partial charge on any atom is -0.493 e. The number of fused-ring (bicyclic) bond motifs is 3. The number of cyclic esters (lactones) is 1. The fraction of sp³-hybridized carbons (Fsp3) is 0.609. The summed E-state index contributed by atoms with van der Waals surface area (Å²) < 4.78 is 33.2. The first-order valence-corrected chi connectivity index (χ1v) is 21.2. The lowest BCUT2D eigenvalue weighted by Gasteiger charge is -2.20. The Hall–Kier alpha value is -4.54. The van der Waals surface area contributed by atoms with Gasteiger partial charge in [0.2, 0.25) is 17.1 Å². The molecular formula is C46H65NO10. The van der Waals surface area contributed by atoms with E-state index in [1.807, 2.05) is 18.2 Å². The Bertz CT molecular complexity index is 1690. The fourth-order valence-corrected chi connectivity index (χ4v) is 7.86. The Labute approximate surface area is 339 Å². The molecule has 1 amide bonds. The lowest BCUT2D eigenvalue weighted by atomic mass is 9.95. The van der Waals surface area contributed by atoms with Gasteiger partial charge in [-0.25, -0.2) is 4.79 Å². The Kier molecular flexibility index (Phi) is 19.8. The molecule has 2 atom stereocenters. The number of amides is 1. The highest BCUT2D eigenvalue weighted by atomic mass is 16.5. The molecular weight excluding hydrogens is 727 g/mol. The summed E-state index contributed by atoms with van der Waals surface area (Å²) in [5, 5.41) is 3.24. The third-order valence-electron chi connectivity index (χ3n) is 11.0. The summed E-state index contributed by atoms with van der Waals surface area (Å²) in [7, 11) is 6.22. The number of carbonyl (C=O) groups excluding carboxylic acids is 3. The zero-order valence-electron chi connectivity index (χ0n) is 34.8. The highest BCUT2D eigenvalue weighted by Crippen LogP contribution is 2.50. The first kappa shape index (κ1) is 45.2. The van der Waals surface area contributed by atoms with Gasteiger partial charge in [0.1, 0.15) is 6.10 Å². The second kappa shape index (κ2) is 25.0. The number of benzene rings is 1. The molecule has 0 aromatic heterocycles. The van der Waals surface area contributed by atoms with Crippen LogP contribution in [0.25, 0.3) is 11.1 Å². The van der Waals surface area contributed by atoms with E-state index in [0.29, 0.717) is 49.5 Å². The Morgan fingerprint density at radius 2 is 1.35 bits per heavy atom. The van der Waals surface area contributed by atoms with Crippen LogP contribution >= 0.6 is 0 Å². The van der Waals surface area contributed by atoms with E-state index < -0.39 is 0 Å². The summed E-state index contributed by atoms with van der Waals surface area (Å²) >= 11 is 0. The highest BCUT2D eigenvalue weighted by molar-refractivity contribution is 5.84. The minimum absolute atomic E-state index is 0.00924. The molecule has 0 fully saturated rings. The summed E-state index contributed by atoms with van der Waals surface area (Å²) in [4.78, 5) is 49.7. The molecule has 57 heavy (non-hydrogen) atoms. The van der Waals surface area contributed by atoms with Gasteiger partial charge in [-0.05, 0) is 86.3 Å². The molecule has 0 bridgehead atoms. The van der Waals surface area contributed by atoms with E-state index in [4.69, 9.17) is 28.4 Å².